The van der Waals surface area contributed by atoms with E-state index in [-0.39, 0.29) is 17.2 Å². The predicted octanol–water partition coefficient (Wildman–Crippen LogP) is 7.21. The number of fused-ring (bicyclic) bond motifs is 1. The smallest absolute Gasteiger partial charge is 0.335 e. The number of carbonyl (C=O) groups is 3. The van der Waals surface area contributed by atoms with Gasteiger partial charge in [-0.15, -0.1) is 0 Å². The molecule has 0 bridgehead atoms. The summed E-state index contributed by atoms with van der Waals surface area (Å²) >= 11 is 9.99. The van der Waals surface area contributed by atoms with Crippen LogP contribution in [0.5, 0.6) is 11.5 Å². The highest BCUT2D eigenvalue weighted by atomic mass is 79.9. The van der Waals surface area contributed by atoms with Crippen molar-refractivity contribution in [1.82, 2.24) is 5.32 Å². The molecule has 1 aliphatic heterocycles. The largest absolute Gasteiger partial charge is 0.490 e. The van der Waals surface area contributed by atoms with Gasteiger partial charge < -0.3 is 9.47 Å². The zero-order chi connectivity index (χ0) is 28.4. The first-order chi connectivity index (χ1) is 19.3. The van der Waals surface area contributed by atoms with Gasteiger partial charge in [-0.1, -0.05) is 63.9 Å². The molecule has 4 aromatic carbocycles. The lowest BCUT2D eigenvalue weighted by Gasteiger charge is -2.26. The summed E-state index contributed by atoms with van der Waals surface area (Å²) in [6, 6.07) is 21.2. The summed E-state index contributed by atoms with van der Waals surface area (Å²) < 4.78 is 12.8. The van der Waals surface area contributed by atoms with Crippen LogP contribution in [-0.2, 0) is 16.2 Å². The van der Waals surface area contributed by atoms with Crippen molar-refractivity contribution in [2.75, 3.05) is 11.5 Å². The van der Waals surface area contributed by atoms with Crippen LogP contribution in [0.1, 0.15) is 23.6 Å². The number of benzene rings is 4. The van der Waals surface area contributed by atoms with Crippen molar-refractivity contribution in [2.45, 2.75) is 20.5 Å². The number of ether oxygens (including phenoxy) is 2. The first kappa shape index (κ1) is 27.4. The molecule has 1 N–H and O–H groups in total. The van der Waals surface area contributed by atoms with Crippen LogP contribution in [0.3, 0.4) is 0 Å². The Morgan fingerprint density at radius 2 is 1.73 bits per heavy atom. The van der Waals surface area contributed by atoms with Gasteiger partial charge in [0, 0.05) is 10.0 Å². The van der Waals surface area contributed by atoms with Crippen molar-refractivity contribution in [1.29, 1.82) is 0 Å². The SMILES string of the molecule is CCOc1cc(/C=C2\C(=O)NC(=O)N(c3ccc(Br)cc3)C2=O)cc(Cl)c1OCc1c(C)ccc2ccccc12. The quantitative estimate of drug-likeness (QED) is 0.175. The number of nitrogens with zero attached hydrogens (tertiary/aromatic N) is 1. The number of imide groups is 2. The maximum Gasteiger partial charge on any atom is 0.335 e. The molecule has 0 aliphatic carbocycles. The van der Waals surface area contributed by atoms with Gasteiger partial charge in [-0.3, -0.25) is 14.9 Å². The molecule has 0 aromatic heterocycles. The molecule has 5 rings (SSSR count). The summed E-state index contributed by atoms with van der Waals surface area (Å²) in [7, 11) is 0. The molecule has 9 heteroatoms. The van der Waals surface area contributed by atoms with E-state index >= 15 is 0 Å². The average Bonchev–Trinajstić information content (AvgIpc) is 2.92. The second kappa shape index (κ2) is 11.5. The van der Waals surface area contributed by atoms with Crippen LogP contribution in [0.15, 0.2) is 82.8 Å². The highest BCUT2D eigenvalue weighted by molar-refractivity contribution is 9.10. The van der Waals surface area contributed by atoms with Gasteiger partial charge in [0.05, 0.1) is 17.3 Å². The van der Waals surface area contributed by atoms with Gasteiger partial charge in [-0.05, 0) is 78.2 Å². The molecule has 1 saturated heterocycles. The lowest BCUT2D eigenvalue weighted by atomic mass is 10.0. The molecule has 0 atom stereocenters. The number of halogens is 2. The summed E-state index contributed by atoms with van der Waals surface area (Å²) in [5, 5.41) is 4.67. The molecule has 7 nitrogen and oxygen atoms in total. The minimum absolute atomic E-state index is 0.221. The number of hydrogen-bond acceptors (Lipinski definition) is 5. The van der Waals surface area contributed by atoms with Crippen molar-refractivity contribution in [3.05, 3.63) is 105 Å². The summed E-state index contributed by atoms with van der Waals surface area (Å²) in [6.07, 6.45) is 1.38. The van der Waals surface area contributed by atoms with Gasteiger partial charge in [0.15, 0.2) is 11.5 Å². The van der Waals surface area contributed by atoms with E-state index in [9.17, 15) is 14.4 Å². The number of nitrogens with one attached hydrogen (secondary N) is 1. The Labute approximate surface area is 244 Å². The second-order valence-corrected chi connectivity index (χ2v) is 10.4. The minimum atomic E-state index is -0.824. The summed E-state index contributed by atoms with van der Waals surface area (Å²) in [4.78, 5) is 39.4. The Morgan fingerprint density at radius 3 is 2.48 bits per heavy atom. The van der Waals surface area contributed by atoms with Crippen LogP contribution < -0.4 is 19.7 Å². The Balaban J connectivity index is 1.47. The Hall–Kier alpha value is -4.14. The van der Waals surface area contributed by atoms with E-state index in [2.05, 4.69) is 39.4 Å². The van der Waals surface area contributed by atoms with Crippen molar-refractivity contribution >= 4 is 67.9 Å². The number of hydrogen-bond donors (Lipinski definition) is 1. The van der Waals surface area contributed by atoms with Gasteiger partial charge in [-0.2, -0.15) is 0 Å². The lowest BCUT2D eigenvalue weighted by Crippen LogP contribution is -2.54. The molecule has 0 radical (unpaired) electrons. The zero-order valence-electron chi connectivity index (χ0n) is 21.7. The molecule has 0 unspecified atom stereocenters. The third kappa shape index (κ3) is 5.46. The minimum Gasteiger partial charge on any atom is -0.490 e. The fourth-order valence-corrected chi connectivity index (χ4v) is 5.04. The summed E-state index contributed by atoms with van der Waals surface area (Å²) in [6.45, 7) is 4.46. The number of rotatable bonds is 7. The van der Waals surface area contributed by atoms with Crippen molar-refractivity contribution in [3.63, 3.8) is 0 Å². The molecule has 1 heterocycles. The first-order valence-electron chi connectivity index (χ1n) is 12.5. The molecule has 4 aromatic rings. The van der Waals surface area contributed by atoms with Gasteiger partial charge in [0.1, 0.15) is 12.2 Å². The second-order valence-electron chi connectivity index (χ2n) is 9.07. The molecule has 4 amide bonds. The van der Waals surface area contributed by atoms with E-state index in [4.69, 9.17) is 21.1 Å². The van der Waals surface area contributed by atoms with Crippen molar-refractivity contribution in [2.24, 2.45) is 0 Å². The monoisotopic (exact) mass is 618 g/mol. The number of barbiturate groups is 1. The number of amides is 4. The third-order valence-electron chi connectivity index (χ3n) is 6.46. The van der Waals surface area contributed by atoms with Gasteiger partial charge in [0.25, 0.3) is 11.8 Å². The van der Waals surface area contributed by atoms with Crippen LogP contribution in [-0.4, -0.2) is 24.5 Å². The standard InChI is InChI=1S/C31H24BrClN2O5/c1-3-39-27-16-19(14-24-29(36)34-31(38)35(30(24)37)22-12-10-21(32)11-13-22)15-26(33)28(27)40-17-25-18(2)8-9-20-6-4-5-7-23(20)25/h4-16H,3,17H2,1-2H3,(H,34,36,38)/b24-14+. The molecule has 0 saturated carbocycles. The van der Waals surface area contributed by atoms with E-state index in [1.54, 1.807) is 36.4 Å². The molecule has 1 fully saturated rings. The predicted molar refractivity (Wildman–Crippen MR) is 159 cm³/mol. The highest BCUT2D eigenvalue weighted by Crippen LogP contribution is 2.39. The van der Waals surface area contributed by atoms with E-state index in [0.717, 1.165) is 31.3 Å². The zero-order valence-corrected chi connectivity index (χ0v) is 24.0. The van der Waals surface area contributed by atoms with E-state index in [1.807, 2.05) is 32.0 Å². The Kier molecular flexibility index (Phi) is 7.91. The Morgan fingerprint density at radius 1 is 0.975 bits per heavy atom. The van der Waals surface area contributed by atoms with Crippen molar-refractivity contribution in [3.8, 4) is 11.5 Å². The van der Waals surface area contributed by atoms with E-state index in [1.165, 1.54) is 6.08 Å². The van der Waals surface area contributed by atoms with Gasteiger partial charge >= 0.3 is 6.03 Å². The third-order valence-corrected chi connectivity index (χ3v) is 7.27. The Bertz CT molecular complexity index is 1680. The lowest BCUT2D eigenvalue weighted by molar-refractivity contribution is -0.122. The normalized spacial score (nSPS) is 14.6. The van der Waals surface area contributed by atoms with Crippen LogP contribution in [0.4, 0.5) is 10.5 Å². The average molecular weight is 620 g/mol. The van der Waals surface area contributed by atoms with Gasteiger partial charge in [-0.25, -0.2) is 9.69 Å². The fourth-order valence-electron chi connectivity index (χ4n) is 4.50. The number of aryl methyl sites for hydroxylation is 1. The van der Waals surface area contributed by atoms with Crippen LogP contribution in [0.2, 0.25) is 5.02 Å². The maximum absolute atomic E-state index is 13.3. The number of carbonyl (C=O) groups excluding carboxylic acids is 3. The summed E-state index contributed by atoms with van der Waals surface area (Å²) in [5.74, 6) is -0.838. The van der Waals surface area contributed by atoms with E-state index < -0.39 is 17.8 Å². The molecular formula is C31H24BrClN2O5. The van der Waals surface area contributed by atoms with E-state index in [0.29, 0.717) is 29.4 Å². The molecule has 0 spiro atoms. The topological polar surface area (TPSA) is 84.9 Å². The molecule has 1 aliphatic rings. The molecule has 202 valence electrons. The van der Waals surface area contributed by atoms with Crippen LogP contribution >= 0.6 is 27.5 Å². The number of urea groups is 1. The maximum atomic E-state index is 13.3. The van der Waals surface area contributed by atoms with Crippen molar-refractivity contribution < 1.29 is 23.9 Å². The fraction of sp³-hybridized carbons (Fsp3) is 0.129. The first-order valence-corrected chi connectivity index (χ1v) is 13.7. The highest BCUT2D eigenvalue weighted by Gasteiger charge is 2.36. The van der Waals surface area contributed by atoms with Gasteiger partial charge in [0.2, 0.25) is 0 Å². The van der Waals surface area contributed by atoms with Crippen LogP contribution in [0.25, 0.3) is 16.8 Å². The number of anilines is 1. The van der Waals surface area contributed by atoms with Crippen LogP contribution in [0, 0.1) is 6.92 Å². The molecule has 40 heavy (non-hydrogen) atoms. The summed E-state index contributed by atoms with van der Waals surface area (Å²) in [5.41, 5.74) is 2.65. The molecular weight excluding hydrogens is 596 g/mol.